The van der Waals surface area contributed by atoms with Crippen molar-refractivity contribution in [1.82, 2.24) is 24.4 Å². The highest BCUT2D eigenvalue weighted by atomic mass is 15.1. The zero-order valence-corrected chi connectivity index (χ0v) is 12.0. The first-order valence-corrected chi connectivity index (χ1v) is 6.93. The molecule has 0 spiro atoms. The summed E-state index contributed by atoms with van der Waals surface area (Å²) in [5, 5.41) is 3.39. The Labute approximate surface area is 114 Å². The molecule has 0 aliphatic heterocycles. The molecule has 19 heavy (non-hydrogen) atoms. The van der Waals surface area contributed by atoms with Gasteiger partial charge in [0.2, 0.25) is 0 Å². The van der Waals surface area contributed by atoms with Crippen molar-refractivity contribution in [3.05, 3.63) is 36.4 Å². The van der Waals surface area contributed by atoms with Crippen LogP contribution in [0, 0.1) is 0 Å². The SMILES string of the molecule is CCCNCc1nccn1Cc1cncn1C(C)C. The summed E-state index contributed by atoms with van der Waals surface area (Å²) in [7, 11) is 0. The predicted molar refractivity (Wildman–Crippen MR) is 75.9 cm³/mol. The summed E-state index contributed by atoms with van der Waals surface area (Å²) in [6.07, 6.45) is 8.86. The second kappa shape index (κ2) is 6.52. The summed E-state index contributed by atoms with van der Waals surface area (Å²) in [5.74, 6) is 1.07. The molecular weight excluding hydrogens is 238 g/mol. The van der Waals surface area contributed by atoms with E-state index in [0.29, 0.717) is 6.04 Å². The van der Waals surface area contributed by atoms with E-state index in [1.165, 1.54) is 5.69 Å². The van der Waals surface area contributed by atoms with Crippen LogP contribution in [0.1, 0.15) is 44.8 Å². The number of hydrogen-bond donors (Lipinski definition) is 1. The quantitative estimate of drug-likeness (QED) is 0.777. The van der Waals surface area contributed by atoms with Crippen LogP contribution in [0.25, 0.3) is 0 Å². The van der Waals surface area contributed by atoms with Crippen LogP contribution >= 0.6 is 0 Å². The van der Waals surface area contributed by atoms with Crippen LogP contribution in [0.3, 0.4) is 0 Å². The largest absolute Gasteiger partial charge is 0.330 e. The molecule has 0 amide bonds. The van der Waals surface area contributed by atoms with Gasteiger partial charge in [-0.25, -0.2) is 9.97 Å². The number of imidazole rings is 2. The average Bonchev–Trinajstić information content (AvgIpc) is 3.00. The Morgan fingerprint density at radius 3 is 2.95 bits per heavy atom. The van der Waals surface area contributed by atoms with Gasteiger partial charge in [-0.15, -0.1) is 0 Å². The Morgan fingerprint density at radius 2 is 2.21 bits per heavy atom. The molecular formula is C14H23N5. The van der Waals surface area contributed by atoms with E-state index in [-0.39, 0.29) is 0 Å². The molecule has 0 radical (unpaired) electrons. The summed E-state index contributed by atoms with van der Waals surface area (Å²) in [5.41, 5.74) is 1.21. The van der Waals surface area contributed by atoms with Gasteiger partial charge in [-0.1, -0.05) is 6.92 Å². The standard InChI is InChI=1S/C14H23N5/c1-4-5-15-9-14-17-6-7-18(14)10-13-8-16-11-19(13)12(2)3/h6-8,11-12,15H,4-5,9-10H2,1-3H3. The first kappa shape index (κ1) is 13.8. The molecule has 2 aromatic heterocycles. The van der Waals surface area contributed by atoms with Crippen LogP contribution < -0.4 is 5.32 Å². The summed E-state index contributed by atoms with van der Waals surface area (Å²) >= 11 is 0. The Balaban J connectivity index is 2.06. The summed E-state index contributed by atoms with van der Waals surface area (Å²) in [6, 6.07) is 0.433. The predicted octanol–water partition coefficient (Wildman–Crippen LogP) is 2.21. The van der Waals surface area contributed by atoms with Gasteiger partial charge in [-0.05, 0) is 26.8 Å². The first-order valence-electron chi connectivity index (χ1n) is 6.93. The fraction of sp³-hybridized carbons (Fsp3) is 0.571. The average molecular weight is 261 g/mol. The maximum atomic E-state index is 4.41. The molecule has 0 aromatic carbocycles. The van der Waals surface area contributed by atoms with Gasteiger partial charge in [-0.2, -0.15) is 0 Å². The molecule has 5 nitrogen and oxygen atoms in total. The van der Waals surface area contributed by atoms with Gasteiger partial charge in [-0.3, -0.25) is 0 Å². The van der Waals surface area contributed by atoms with E-state index in [4.69, 9.17) is 0 Å². The van der Waals surface area contributed by atoms with Gasteiger partial charge in [0.25, 0.3) is 0 Å². The topological polar surface area (TPSA) is 47.7 Å². The van der Waals surface area contributed by atoms with E-state index < -0.39 is 0 Å². The first-order chi connectivity index (χ1) is 9.22. The van der Waals surface area contributed by atoms with Crippen molar-refractivity contribution in [3.8, 4) is 0 Å². The van der Waals surface area contributed by atoms with Crippen molar-refractivity contribution in [3.63, 3.8) is 0 Å². The lowest BCUT2D eigenvalue weighted by atomic mass is 10.3. The highest BCUT2D eigenvalue weighted by Crippen LogP contribution is 2.11. The highest BCUT2D eigenvalue weighted by Gasteiger charge is 2.08. The fourth-order valence-electron chi connectivity index (χ4n) is 2.12. The van der Waals surface area contributed by atoms with Crippen molar-refractivity contribution >= 4 is 0 Å². The number of aromatic nitrogens is 4. The van der Waals surface area contributed by atoms with Crippen LogP contribution in [0.2, 0.25) is 0 Å². The summed E-state index contributed by atoms with van der Waals surface area (Å²) < 4.78 is 4.38. The number of nitrogens with one attached hydrogen (secondary N) is 1. The molecule has 0 atom stereocenters. The molecule has 5 heteroatoms. The van der Waals surface area contributed by atoms with Crippen molar-refractivity contribution in [2.45, 2.75) is 46.3 Å². The van der Waals surface area contributed by atoms with Gasteiger partial charge < -0.3 is 14.5 Å². The van der Waals surface area contributed by atoms with Gasteiger partial charge >= 0.3 is 0 Å². The zero-order valence-electron chi connectivity index (χ0n) is 12.0. The van der Waals surface area contributed by atoms with Gasteiger partial charge in [0, 0.05) is 24.6 Å². The van der Waals surface area contributed by atoms with Crippen molar-refractivity contribution in [2.24, 2.45) is 0 Å². The van der Waals surface area contributed by atoms with Crippen molar-refractivity contribution in [1.29, 1.82) is 0 Å². The third-order valence-corrected chi connectivity index (χ3v) is 3.15. The van der Waals surface area contributed by atoms with Crippen LogP contribution in [-0.4, -0.2) is 25.6 Å². The van der Waals surface area contributed by atoms with Crippen molar-refractivity contribution in [2.75, 3.05) is 6.54 Å². The smallest absolute Gasteiger partial charge is 0.123 e. The molecule has 2 heterocycles. The van der Waals surface area contributed by atoms with E-state index in [2.05, 4.69) is 45.2 Å². The van der Waals surface area contributed by atoms with E-state index in [1.807, 2.05) is 24.9 Å². The summed E-state index contributed by atoms with van der Waals surface area (Å²) in [6.45, 7) is 9.17. The third-order valence-electron chi connectivity index (χ3n) is 3.15. The third kappa shape index (κ3) is 3.44. The second-order valence-electron chi connectivity index (χ2n) is 5.03. The van der Waals surface area contributed by atoms with Gasteiger partial charge in [0.15, 0.2) is 0 Å². The van der Waals surface area contributed by atoms with Crippen molar-refractivity contribution < 1.29 is 0 Å². The van der Waals surface area contributed by atoms with E-state index >= 15 is 0 Å². The van der Waals surface area contributed by atoms with Gasteiger partial charge in [0.05, 0.1) is 25.1 Å². The molecule has 0 unspecified atom stereocenters. The second-order valence-corrected chi connectivity index (χ2v) is 5.03. The minimum absolute atomic E-state index is 0.433. The summed E-state index contributed by atoms with van der Waals surface area (Å²) in [4.78, 5) is 8.66. The molecule has 0 aliphatic rings. The molecule has 1 N–H and O–H groups in total. The lowest BCUT2D eigenvalue weighted by molar-refractivity contribution is 0.549. The zero-order chi connectivity index (χ0) is 13.7. The minimum atomic E-state index is 0.433. The maximum absolute atomic E-state index is 4.41. The highest BCUT2D eigenvalue weighted by molar-refractivity contribution is 5.04. The van der Waals surface area contributed by atoms with Gasteiger partial charge in [0.1, 0.15) is 5.82 Å². The number of rotatable bonds is 7. The number of nitrogens with zero attached hydrogens (tertiary/aromatic N) is 4. The number of hydrogen-bond acceptors (Lipinski definition) is 3. The molecule has 0 fully saturated rings. The molecule has 0 aliphatic carbocycles. The molecule has 0 saturated heterocycles. The fourth-order valence-corrected chi connectivity index (χ4v) is 2.12. The van der Waals surface area contributed by atoms with Crippen LogP contribution in [-0.2, 0) is 13.1 Å². The van der Waals surface area contributed by atoms with E-state index in [0.717, 1.165) is 31.9 Å². The van der Waals surface area contributed by atoms with Crippen LogP contribution in [0.5, 0.6) is 0 Å². The molecule has 2 aromatic rings. The Morgan fingerprint density at radius 1 is 1.37 bits per heavy atom. The van der Waals surface area contributed by atoms with E-state index in [9.17, 15) is 0 Å². The van der Waals surface area contributed by atoms with Crippen LogP contribution in [0.4, 0.5) is 0 Å². The molecule has 0 saturated carbocycles. The molecule has 0 bridgehead atoms. The monoisotopic (exact) mass is 261 g/mol. The van der Waals surface area contributed by atoms with E-state index in [1.54, 1.807) is 0 Å². The Bertz CT molecular complexity index is 497. The Kier molecular flexibility index (Phi) is 4.74. The lowest BCUT2D eigenvalue weighted by Crippen LogP contribution is -2.18. The molecule has 2 rings (SSSR count). The lowest BCUT2D eigenvalue weighted by Gasteiger charge is -2.13. The Hall–Kier alpha value is -1.62. The molecule has 104 valence electrons. The van der Waals surface area contributed by atoms with Crippen LogP contribution in [0.15, 0.2) is 24.9 Å². The normalized spacial score (nSPS) is 11.4. The minimum Gasteiger partial charge on any atom is -0.330 e. The maximum Gasteiger partial charge on any atom is 0.123 e.